The summed E-state index contributed by atoms with van der Waals surface area (Å²) in [6.07, 6.45) is 8.77. The van der Waals surface area contributed by atoms with Crippen LogP contribution >= 0.6 is 0 Å². The summed E-state index contributed by atoms with van der Waals surface area (Å²) in [6, 6.07) is 13.9. The molecule has 2 aliphatic rings. The fraction of sp³-hybridized carbons (Fsp3) is 0.407. The third-order valence-electron chi connectivity index (χ3n) is 6.68. The van der Waals surface area contributed by atoms with Crippen molar-refractivity contribution >= 4 is 29.7 Å². The van der Waals surface area contributed by atoms with Crippen LogP contribution < -0.4 is 20.0 Å². The van der Waals surface area contributed by atoms with Gasteiger partial charge in [-0.15, -0.1) is 0 Å². The lowest BCUT2D eigenvalue weighted by Gasteiger charge is -2.30. The summed E-state index contributed by atoms with van der Waals surface area (Å²) in [5.74, 6) is 2.52. The summed E-state index contributed by atoms with van der Waals surface area (Å²) >= 11 is 0. The van der Waals surface area contributed by atoms with E-state index in [1.54, 1.807) is 18.3 Å². The number of anilines is 3. The molecule has 0 atom stereocenters. The molecule has 11 heteroatoms. The van der Waals surface area contributed by atoms with Crippen molar-refractivity contribution in [1.29, 1.82) is 0 Å². The standard InChI is InChI=1S/C27H32N8O3/c36-35(37)23-12-10-21(11-13-23)20-38-24-9-7-8-22(18-24)19-28-32-25-29-26(33-14-3-1-4-15-33)31-27(30-25)34-16-5-2-6-17-34/h7-13,18-19H,1-6,14-17,20H2,(H,29,30,31,32)/b28-19+. The van der Waals surface area contributed by atoms with Crippen LogP contribution in [0.15, 0.2) is 53.6 Å². The summed E-state index contributed by atoms with van der Waals surface area (Å²) in [4.78, 5) is 29.0. The Morgan fingerprint density at radius 1 is 0.895 bits per heavy atom. The van der Waals surface area contributed by atoms with Gasteiger partial charge in [0.2, 0.25) is 17.8 Å². The van der Waals surface area contributed by atoms with E-state index >= 15 is 0 Å². The Bertz CT molecular complexity index is 1220. The molecule has 198 valence electrons. The highest BCUT2D eigenvalue weighted by molar-refractivity contribution is 5.80. The van der Waals surface area contributed by atoms with Crippen molar-refractivity contribution in [3.63, 3.8) is 0 Å². The van der Waals surface area contributed by atoms with Crippen LogP contribution in [-0.4, -0.2) is 52.3 Å². The van der Waals surface area contributed by atoms with Gasteiger partial charge >= 0.3 is 0 Å². The number of hydrogen-bond donors (Lipinski definition) is 1. The SMILES string of the molecule is O=[N+]([O-])c1ccc(COc2cccc(/C=N/Nc3nc(N4CCCCC4)nc(N4CCCCC4)n3)c2)cc1. The third kappa shape index (κ3) is 6.72. The van der Waals surface area contributed by atoms with Crippen molar-refractivity contribution in [2.75, 3.05) is 41.4 Å². The second kappa shape index (κ2) is 12.3. The lowest BCUT2D eigenvalue weighted by molar-refractivity contribution is -0.384. The molecule has 11 nitrogen and oxygen atoms in total. The third-order valence-corrected chi connectivity index (χ3v) is 6.68. The first-order valence-electron chi connectivity index (χ1n) is 13.2. The molecule has 0 radical (unpaired) electrons. The van der Waals surface area contributed by atoms with Gasteiger partial charge in [0.1, 0.15) is 12.4 Å². The van der Waals surface area contributed by atoms with Crippen molar-refractivity contribution in [3.8, 4) is 5.75 Å². The lowest BCUT2D eigenvalue weighted by Crippen LogP contribution is -2.34. The van der Waals surface area contributed by atoms with Crippen LogP contribution in [0.1, 0.15) is 49.7 Å². The van der Waals surface area contributed by atoms with Gasteiger partial charge in [0.05, 0.1) is 11.1 Å². The Morgan fingerprint density at radius 3 is 2.13 bits per heavy atom. The molecule has 1 N–H and O–H groups in total. The maximum Gasteiger partial charge on any atom is 0.269 e. The summed E-state index contributed by atoms with van der Waals surface area (Å²) in [5.41, 5.74) is 4.76. The number of nitro groups is 1. The first kappa shape index (κ1) is 25.4. The van der Waals surface area contributed by atoms with Crippen LogP contribution in [0.2, 0.25) is 0 Å². The zero-order valence-corrected chi connectivity index (χ0v) is 21.3. The van der Waals surface area contributed by atoms with Crippen molar-refractivity contribution in [2.45, 2.75) is 45.1 Å². The number of nitro benzene ring substituents is 1. The Balaban J connectivity index is 1.25. The van der Waals surface area contributed by atoms with E-state index in [9.17, 15) is 10.1 Å². The molecule has 0 saturated carbocycles. The number of hydrazone groups is 1. The molecule has 38 heavy (non-hydrogen) atoms. The number of ether oxygens (including phenoxy) is 1. The molecular formula is C27H32N8O3. The predicted molar refractivity (Wildman–Crippen MR) is 147 cm³/mol. The Kier molecular flexibility index (Phi) is 8.22. The molecule has 1 aromatic heterocycles. The van der Waals surface area contributed by atoms with Crippen LogP contribution in [0, 0.1) is 10.1 Å². The minimum atomic E-state index is -0.415. The van der Waals surface area contributed by atoms with E-state index in [0.717, 1.165) is 63.0 Å². The topological polar surface area (TPSA) is 122 Å². The number of benzene rings is 2. The monoisotopic (exact) mass is 516 g/mol. The average molecular weight is 517 g/mol. The van der Waals surface area contributed by atoms with Crippen LogP contribution in [0.3, 0.4) is 0 Å². The van der Waals surface area contributed by atoms with Crippen LogP contribution in [0.25, 0.3) is 0 Å². The summed E-state index contributed by atoms with van der Waals surface area (Å²) in [6.45, 7) is 4.13. The second-order valence-corrected chi connectivity index (χ2v) is 9.51. The van der Waals surface area contributed by atoms with Crippen molar-refractivity contribution < 1.29 is 9.66 Å². The predicted octanol–water partition coefficient (Wildman–Crippen LogP) is 4.79. The van der Waals surface area contributed by atoms with E-state index < -0.39 is 4.92 Å². The fourth-order valence-electron chi connectivity index (χ4n) is 4.60. The number of nitrogens with one attached hydrogen (secondary N) is 1. The average Bonchev–Trinajstić information content (AvgIpc) is 2.97. The Labute approximate surface area is 221 Å². The molecule has 0 bridgehead atoms. The van der Waals surface area contributed by atoms with Gasteiger partial charge in [-0.1, -0.05) is 12.1 Å². The molecule has 2 aromatic carbocycles. The molecule has 2 aliphatic heterocycles. The van der Waals surface area contributed by atoms with Crippen LogP contribution in [0.4, 0.5) is 23.5 Å². The summed E-state index contributed by atoms with van der Waals surface area (Å²) < 4.78 is 5.87. The largest absolute Gasteiger partial charge is 0.489 e. The zero-order valence-electron chi connectivity index (χ0n) is 21.3. The molecule has 0 amide bonds. The van der Waals surface area contributed by atoms with Gasteiger partial charge in [-0.05, 0) is 73.9 Å². The highest BCUT2D eigenvalue weighted by atomic mass is 16.6. The van der Waals surface area contributed by atoms with Gasteiger partial charge in [0, 0.05) is 38.3 Å². The van der Waals surface area contributed by atoms with Gasteiger partial charge in [0.25, 0.3) is 5.69 Å². The molecule has 2 saturated heterocycles. The maximum atomic E-state index is 10.8. The molecule has 0 aliphatic carbocycles. The van der Waals surface area contributed by atoms with E-state index in [4.69, 9.17) is 9.72 Å². The number of piperidine rings is 2. The van der Waals surface area contributed by atoms with Crippen molar-refractivity contribution in [1.82, 2.24) is 15.0 Å². The smallest absolute Gasteiger partial charge is 0.269 e. The summed E-state index contributed by atoms with van der Waals surface area (Å²) in [5, 5.41) is 15.2. The number of aromatic nitrogens is 3. The minimum absolute atomic E-state index is 0.0590. The van der Waals surface area contributed by atoms with Gasteiger partial charge < -0.3 is 14.5 Å². The maximum absolute atomic E-state index is 10.8. The first-order chi connectivity index (χ1) is 18.6. The zero-order chi connectivity index (χ0) is 26.2. The number of nitrogens with zero attached hydrogens (tertiary/aromatic N) is 7. The van der Waals surface area contributed by atoms with Crippen molar-refractivity contribution in [3.05, 3.63) is 69.8 Å². The first-order valence-corrected chi connectivity index (χ1v) is 13.2. The highest BCUT2D eigenvalue weighted by Crippen LogP contribution is 2.23. The number of hydrogen-bond acceptors (Lipinski definition) is 10. The molecule has 5 rings (SSSR count). The minimum Gasteiger partial charge on any atom is -0.489 e. The molecule has 3 heterocycles. The molecule has 2 fully saturated rings. The molecule has 0 spiro atoms. The number of rotatable bonds is 9. The van der Waals surface area contributed by atoms with E-state index in [2.05, 4.69) is 30.3 Å². The van der Waals surface area contributed by atoms with E-state index in [-0.39, 0.29) is 5.69 Å². The van der Waals surface area contributed by atoms with Gasteiger partial charge in [-0.2, -0.15) is 20.1 Å². The van der Waals surface area contributed by atoms with Crippen molar-refractivity contribution in [2.24, 2.45) is 5.10 Å². The van der Waals surface area contributed by atoms with E-state index in [1.165, 1.54) is 25.0 Å². The Hall–Kier alpha value is -4.28. The van der Waals surface area contributed by atoms with Crippen LogP contribution in [0.5, 0.6) is 5.75 Å². The normalized spacial score (nSPS) is 16.0. The quantitative estimate of drug-likeness (QED) is 0.243. The number of non-ortho nitro benzene ring substituents is 1. The van der Waals surface area contributed by atoms with Gasteiger partial charge in [-0.25, -0.2) is 5.43 Å². The van der Waals surface area contributed by atoms with E-state index in [0.29, 0.717) is 30.2 Å². The van der Waals surface area contributed by atoms with Gasteiger partial charge in [0.15, 0.2) is 0 Å². The fourth-order valence-corrected chi connectivity index (χ4v) is 4.60. The van der Waals surface area contributed by atoms with Gasteiger partial charge in [-0.3, -0.25) is 10.1 Å². The highest BCUT2D eigenvalue weighted by Gasteiger charge is 2.20. The second-order valence-electron chi connectivity index (χ2n) is 9.51. The molecule has 0 unspecified atom stereocenters. The Morgan fingerprint density at radius 2 is 1.53 bits per heavy atom. The lowest BCUT2D eigenvalue weighted by atomic mass is 10.1. The van der Waals surface area contributed by atoms with E-state index in [1.807, 2.05) is 24.3 Å². The van der Waals surface area contributed by atoms with Crippen LogP contribution in [-0.2, 0) is 6.61 Å². The molecule has 3 aromatic rings. The molecular weight excluding hydrogens is 484 g/mol. The summed E-state index contributed by atoms with van der Waals surface area (Å²) in [7, 11) is 0.